The number of nitrogens with zero attached hydrogens (tertiary/aromatic N) is 1. The molecule has 6 rings (SSSR count). The minimum absolute atomic E-state index is 0.222. The lowest BCUT2D eigenvalue weighted by Gasteiger charge is -2.38. The van der Waals surface area contributed by atoms with Gasteiger partial charge in [0.25, 0.3) is 0 Å². The van der Waals surface area contributed by atoms with Gasteiger partial charge in [0.15, 0.2) is 0 Å². The van der Waals surface area contributed by atoms with Gasteiger partial charge in [-0.05, 0) is 102 Å². The van der Waals surface area contributed by atoms with Crippen LogP contribution in [0.2, 0.25) is 0 Å². The fourth-order valence-corrected chi connectivity index (χ4v) is 6.36. The van der Waals surface area contributed by atoms with Crippen molar-refractivity contribution in [2.45, 2.75) is 50.4 Å². The zero-order valence-corrected chi connectivity index (χ0v) is 19.0. The van der Waals surface area contributed by atoms with Gasteiger partial charge in [-0.25, -0.2) is 0 Å². The largest absolute Gasteiger partial charge is 0.508 e. The number of aryl methyl sites for hydroxylation is 2. The van der Waals surface area contributed by atoms with Crippen molar-refractivity contribution in [3.63, 3.8) is 0 Å². The van der Waals surface area contributed by atoms with Crippen molar-refractivity contribution < 1.29 is 9.90 Å². The normalized spacial score (nSPS) is 22.2. The predicted octanol–water partition coefficient (Wildman–Crippen LogP) is 5.77. The maximum Gasteiger partial charge on any atom is 0.123 e. The molecule has 1 fully saturated rings. The molecule has 3 nitrogen and oxygen atoms in total. The van der Waals surface area contributed by atoms with Crippen LogP contribution in [0, 0.1) is 5.92 Å². The second kappa shape index (κ2) is 8.37. The fraction of sp³-hybridized carbons (Fsp3) is 0.367. The van der Waals surface area contributed by atoms with Crippen LogP contribution in [0.25, 0.3) is 0 Å². The first-order valence-corrected chi connectivity index (χ1v) is 12.4. The number of carbonyl (C=O) groups is 1. The molecule has 3 aromatic rings. The van der Waals surface area contributed by atoms with Crippen LogP contribution >= 0.6 is 0 Å². The van der Waals surface area contributed by atoms with Gasteiger partial charge in [0.1, 0.15) is 12.0 Å². The summed E-state index contributed by atoms with van der Waals surface area (Å²) < 4.78 is 0. The molecule has 33 heavy (non-hydrogen) atoms. The molecule has 3 aliphatic rings. The Morgan fingerprint density at radius 1 is 0.818 bits per heavy atom. The van der Waals surface area contributed by atoms with Crippen LogP contribution in [0.15, 0.2) is 60.7 Å². The minimum atomic E-state index is 0.222. The first-order valence-electron chi connectivity index (χ1n) is 12.4. The molecule has 1 N–H and O–H groups in total. The number of rotatable bonds is 4. The number of hydrogen-bond acceptors (Lipinski definition) is 3. The SMILES string of the molecule is O=CC1CCN(c2ccc([C@@H]3c4ccc(O)cc4CC[C@@H]3c3cccc4c3CC4)cc2)CC1. The Bertz CT molecular complexity index is 1170. The highest BCUT2D eigenvalue weighted by Crippen LogP contribution is 2.49. The molecular weight excluding hydrogens is 406 g/mol. The maximum absolute atomic E-state index is 11.1. The third kappa shape index (κ3) is 3.64. The first kappa shape index (κ1) is 20.5. The van der Waals surface area contributed by atoms with E-state index < -0.39 is 0 Å². The second-order valence-electron chi connectivity index (χ2n) is 10.0. The van der Waals surface area contributed by atoms with Crippen molar-refractivity contribution >= 4 is 12.0 Å². The lowest BCUT2D eigenvalue weighted by Crippen LogP contribution is -2.34. The van der Waals surface area contributed by atoms with Crippen molar-refractivity contribution in [1.82, 2.24) is 0 Å². The van der Waals surface area contributed by atoms with Gasteiger partial charge in [-0.15, -0.1) is 0 Å². The van der Waals surface area contributed by atoms with Gasteiger partial charge >= 0.3 is 0 Å². The van der Waals surface area contributed by atoms with Crippen molar-refractivity contribution in [2.24, 2.45) is 5.92 Å². The van der Waals surface area contributed by atoms with E-state index in [0.717, 1.165) is 45.1 Å². The molecule has 0 spiro atoms. The quantitative estimate of drug-likeness (QED) is 0.527. The highest BCUT2D eigenvalue weighted by Gasteiger charge is 2.35. The minimum Gasteiger partial charge on any atom is -0.508 e. The van der Waals surface area contributed by atoms with Gasteiger partial charge in [0.05, 0.1) is 0 Å². The van der Waals surface area contributed by atoms with Crippen LogP contribution in [0.3, 0.4) is 0 Å². The summed E-state index contributed by atoms with van der Waals surface area (Å²) in [7, 11) is 0. The number of aromatic hydroxyl groups is 1. The maximum atomic E-state index is 11.1. The molecule has 1 heterocycles. The molecule has 1 saturated heterocycles. The molecule has 1 aliphatic heterocycles. The van der Waals surface area contributed by atoms with E-state index in [1.54, 1.807) is 5.56 Å². The number of piperidine rings is 1. The number of phenols is 1. The highest BCUT2D eigenvalue weighted by molar-refractivity contribution is 5.57. The molecule has 0 aromatic heterocycles. The van der Waals surface area contributed by atoms with Gasteiger partial charge in [-0.2, -0.15) is 0 Å². The molecule has 0 saturated carbocycles. The number of carbonyl (C=O) groups excluding carboxylic acids is 1. The molecule has 3 aromatic carbocycles. The lowest BCUT2D eigenvalue weighted by atomic mass is 9.66. The molecule has 168 valence electrons. The Balaban J connectivity index is 1.36. The predicted molar refractivity (Wildman–Crippen MR) is 132 cm³/mol. The Morgan fingerprint density at radius 2 is 1.64 bits per heavy atom. The molecule has 3 heteroatoms. The lowest BCUT2D eigenvalue weighted by molar-refractivity contribution is -0.111. The Labute approximate surface area is 196 Å². The summed E-state index contributed by atoms with van der Waals surface area (Å²) in [5.41, 5.74) is 9.88. The summed E-state index contributed by atoms with van der Waals surface area (Å²) in [5.74, 6) is 1.35. The van der Waals surface area contributed by atoms with E-state index in [-0.39, 0.29) is 5.92 Å². The van der Waals surface area contributed by atoms with Crippen molar-refractivity contribution in [2.75, 3.05) is 18.0 Å². The van der Waals surface area contributed by atoms with Gasteiger partial charge in [-0.1, -0.05) is 36.4 Å². The topological polar surface area (TPSA) is 40.5 Å². The van der Waals surface area contributed by atoms with Crippen molar-refractivity contribution in [3.05, 3.63) is 94.0 Å². The highest BCUT2D eigenvalue weighted by atomic mass is 16.3. The summed E-state index contributed by atoms with van der Waals surface area (Å²) in [6.07, 6.45) is 7.55. The monoisotopic (exact) mass is 437 g/mol. The number of anilines is 1. The number of aldehydes is 1. The summed E-state index contributed by atoms with van der Waals surface area (Å²) in [4.78, 5) is 13.5. The van der Waals surface area contributed by atoms with Crippen LogP contribution in [0.5, 0.6) is 5.75 Å². The molecular formula is C30H31NO2. The zero-order chi connectivity index (χ0) is 22.4. The van der Waals surface area contributed by atoms with Crippen LogP contribution in [0.4, 0.5) is 5.69 Å². The van der Waals surface area contributed by atoms with Gasteiger partial charge in [0, 0.05) is 30.6 Å². The molecule has 2 aliphatic carbocycles. The standard InChI is InChI=1S/C30H31NO2/c32-19-20-14-16-31(17-15-20)24-8-4-22(5-9-24)30-27-13-10-25(33)18-23(27)7-12-29(30)28-3-1-2-21-6-11-26(21)28/h1-5,8-10,13,18-20,29-30,33H,6-7,11-12,14-17H2/t29-,30-/m1/s1. The van der Waals surface area contributed by atoms with Gasteiger partial charge < -0.3 is 14.8 Å². The van der Waals surface area contributed by atoms with Gasteiger partial charge in [-0.3, -0.25) is 0 Å². The Morgan fingerprint density at radius 3 is 2.36 bits per heavy atom. The van der Waals surface area contributed by atoms with E-state index in [1.807, 2.05) is 12.1 Å². The first-order chi connectivity index (χ1) is 16.2. The zero-order valence-electron chi connectivity index (χ0n) is 19.0. The summed E-state index contributed by atoms with van der Waals surface area (Å²) in [6, 6.07) is 22.0. The van der Waals surface area contributed by atoms with Crippen molar-refractivity contribution in [1.29, 1.82) is 0 Å². The van der Waals surface area contributed by atoms with Crippen molar-refractivity contribution in [3.8, 4) is 5.75 Å². The smallest absolute Gasteiger partial charge is 0.123 e. The van der Waals surface area contributed by atoms with Gasteiger partial charge in [0.2, 0.25) is 0 Å². The number of phenolic OH excluding ortho intramolecular Hbond substituents is 1. The molecule has 0 radical (unpaired) electrons. The number of hydrogen-bond donors (Lipinski definition) is 1. The second-order valence-corrected chi connectivity index (χ2v) is 10.0. The molecule has 0 unspecified atom stereocenters. The average Bonchev–Trinajstić information content (AvgIpc) is 2.84. The van der Waals surface area contributed by atoms with Crippen LogP contribution < -0.4 is 4.90 Å². The van der Waals surface area contributed by atoms with E-state index in [4.69, 9.17) is 0 Å². The van der Waals surface area contributed by atoms with Crippen LogP contribution in [-0.4, -0.2) is 24.5 Å². The third-order valence-electron chi connectivity index (χ3n) is 8.29. The Kier molecular flexibility index (Phi) is 5.21. The number of fused-ring (bicyclic) bond motifs is 2. The summed E-state index contributed by atoms with van der Waals surface area (Å²) in [6.45, 7) is 1.90. The third-order valence-corrected chi connectivity index (χ3v) is 8.29. The number of benzene rings is 3. The molecule has 0 bridgehead atoms. The van der Waals surface area contributed by atoms with E-state index >= 15 is 0 Å². The Hall–Kier alpha value is -3.07. The van der Waals surface area contributed by atoms with E-state index in [9.17, 15) is 9.90 Å². The summed E-state index contributed by atoms with van der Waals surface area (Å²) in [5, 5.41) is 10.1. The van der Waals surface area contributed by atoms with Crippen LogP contribution in [-0.2, 0) is 24.1 Å². The van der Waals surface area contributed by atoms with E-state index in [0.29, 0.717) is 17.6 Å². The van der Waals surface area contributed by atoms with Crippen LogP contribution in [0.1, 0.15) is 64.5 Å². The molecule has 0 amide bonds. The summed E-state index contributed by atoms with van der Waals surface area (Å²) >= 11 is 0. The van der Waals surface area contributed by atoms with E-state index in [2.05, 4.69) is 53.4 Å². The van der Waals surface area contributed by atoms with E-state index in [1.165, 1.54) is 46.3 Å². The molecule has 2 atom stereocenters. The average molecular weight is 438 g/mol. The fourth-order valence-electron chi connectivity index (χ4n) is 6.36.